The molecule has 0 saturated heterocycles. The van der Waals surface area contributed by atoms with E-state index in [0.717, 1.165) is 0 Å². The van der Waals surface area contributed by atoms with E-state index in [1.54, 1.807) is 42.8 Å². The molecule has 3 heteroatoms. The average Bonchev–Trinajstić information content (AvgIpc) is 2.80. The molecule has 0 spiro atoms. The molecule has 0 aliphatic heterocycles. The van der Waals surface area contributed by atoms with Crippen LogP contribution in [0.3, 0.4) is 0 Å². The summed E-state index contributed by atoms with van der Waals surface area (Å²) >= 11 is 0. The van der Waals surface area contributed by atoms with Crippen molar-refractivity contribution in [1.82, 2.24) is 4.98 Å². The van der Waals surface area contributed by atoms with Gasteiger partial charge in [0.2, 0.25) is 0 Å². The number of hydrogen-bond donors (Lipinski definition) is 0. The molecule has 0 atom stereocenters. The maximum Gasteiger partial charge on any atom is 0.187 e. The van der Waals surface area contributed by atoms with Crippen LogP contribution in [0.4, 0.5) is 0 Å². The molecule has 0 bridgehead atoms. The summed E-state index contributed by atoms with van der Waals surface area (Å²) in [6.45, 7) is 0. The van der Waals surface area contributed by atoms with Gasteiger partial charge in [-0.25, -0.2) is 0 Å². The number of hydrogen-bond acceptors (Lipinski definition) is 3. The van der Waals surface area contributed by atoms with Gasteiger partial charge in [0.05, 0.1) is 6.26 Å². The molecule has 0 radical (unpaired) electrons. The van der Waals surface area contributed by atoms with Crippen molar-refractivity contribution in [2.24, 2.45) is 0 Å². The first-order valence-corrected chi connectivity index (χ1v) is 4.52. The number of nitrogens with zero attached hydrogens (tertiary/aromatic N) is 1. The van der Waals surface area contributed by atoms with Crippen LogP contribution >= 0.6 is 0 Å². The van der Waals surface area contributed by atoms with E-state index in [9.17, 15) is 4.79 Å². The Kier molecular flexibility index (Phi) is 2.74. The van der Waals surface area contributed by atoms with Crippen molar-refractivity contribution in [3.05, 3.63) is 60.3 Å². The van der Waals surface area contributed by atoms with Gasteiger partial charge in [0.25, 0.3) is 0 Å². The van der Waals surface area contributed by atoms with E-state index in [-0.39, 0.29) is 5.78 Å². The Morgan fingerprint density at radius 3 is 2.93 bits per heavy atom. The summed E-state index contributed by atoms with van der Waals surface area (Å²) in [5, 5.41) is 0. The van der Waals surface area contributed by atoms with Crippen LogP contribution in [0.5, 0.6) is 0 Å². The van der Waals surface area contributed by atoms with Crippen LogP contribution in [0.1, 0.15) is 16.1 Å². The zero-order chi connectivity index (χ0) is 10.5. The Morgan fingerprint density at radius 2 is 2.27 bits per heavy atom. The molecule has 0 aromatic carbocycles. The lowest BCUT2D eigenvalue weighted by atomic mass is 10.2. The van der Waals surface area contributed by atoms with E-state index in [1.165, 1.54) is 12.3 Å². The van der Waals surface area contributed by atoms with Crippen molar-refractivity contribution < 1.29 is 9.21 Å². The van der Waals surface area contributed by atoms with E-state index in [4.69, 9.17) is 4.42 Å². The Hall–Kier alpha value is -2.16. The number of furan rings is 1. The first kappa shape index (κ1) is 9.40. The molecule has 0 amide bonds. The highest BCUT2D eigenvalue weighted by molar-refractivity contribution is 6.06. The van der Waals surface area contributed by atoms with Gasteiger partial charge >= 0.3 is 0 Å². The Balaban J connectivity index is 2.11. The first-order chi connectivity index (χ1) is 7.36. The smallest absolute Gasteiger partial charge is 0.187 e. The molecular formula is C12H9NO2. The van der Waals surface area contributed by atoms with Crippen molar-refractivity contribution in [3.8, 4) is 0 Å². The number of carbonyl (C=O) groups is 1. The van der Waals surface area contributed by atoms with Crippen LogP contribution in [0.25, 0.3) is 6.08 Å². The predicted molar refractivity (Wildman–Crippen MR) is 56.3 cm³/mol. The minimum atomic E-state index is -0.0838. The fourth-order valence-electron chi connectivity index (χ4n) is 1.15. The van der Waals surface area contributed by atoms with Crippen molar-refractivity contribution in [2.75, 3.05) is 0 Å². The number of aromatic nitrogens is 1. The van der Waals surface area contributed by atoms with Crippen molar-refractivity contribution in [2.45, 2.75) is 0 Å². The van der Waals surface area contributed by atoms with Crippen LogP contribution < -0.4 is 0 Å². The highest BCUT2D eigenvalue weighted by Gasteiger charge is 2.00. The lowest BCUT2D eigenvalue weighted by Gasteiger charge is -1.92. The zero-order valence-corrected chi connectivity index (χ0v) is 7.96. The van der Waals surface area contributed by atoms with Gasteiger partial charge in [-0.3, -0.25) is 9.78 Å². The third-order valence-electron chi connectivity index (χ3n) is 1.89. The second-order valence-electron chi connectivity index (χ2n) is 2.95. The highest BCUT2D eigenvalue weighted by atomic mass is 16.3. The van der Waals surface area contributed by atoms with E-state index >= 15 is 0 Å². The van der Waals surface area contributed by atoms with Gasteiger partial charge in [0.1, 0.15) is 5.76 Å². The fraction of sp³-hybridized carbons (Fsp3) is 0. The molecule has 0 unspecified atom stereocenters. The lowest BCUT2D eigenvalue weighted by molar-refractivity contribution is 0.104. The number of pyridine rings is 1. The van der Waals surface area contributed by atoms with Crippen molar-refractivity contribution in [3.63, 3.8) is 0 Å². The molecule has 0 aliphatic rings. The van der Waals surface area contributed by atoms with Crippen molar-refractivity contribution in [1.29, 1.82) is 0 Å². The molecule has 0 aliphatic carbocycles. The molecule has 2 rings (SSSR count). The van der Waals surface area contributed by atoms with Gasteiger partial charge in [-0.15, -0.1) is 0 Å². The molecule has 0 N–H and O–H groups in total. The molecule has 0 saturated carbocycles. The van der Waals surface area contributed by atoms with Gasteiger partial charge in [-0.2, -0.15) is 0 Å². The minimum absolute atomic E-state index is 0.0838. The standard InChI is InChI=1S/C12H9NO2/c14-12(10-3-1-7-13-9-10)6-5-11-4-2-8-15-11/h1-9H. The Bertz CT molecular complexity index is 458. The minimum Gasteiger partial charge on any atom is -0.465 e. The van der Waals surface area contributed by atoms with E-state index in [2.05, 4.69) is 4.98 Å². The molecule has 2 heterocycles. The summed E-state index contributed by atoms with van der Waals surface area (Å²) in [4.78, 5) is 15.4. The molecule has 74 valence electrons. The monoisotopic (exact) mass is 199 g/mol. The third-order valence-corrected chi connectivity index (χ3v) is 1.89. The summed E-state index contributed by atoms with van der Waals surface area (Å²) in [6, 6.07) is 7.01. The van der Waals surface area contributed by atoms with Gasteiger partial charge < -0.3 is 4.42 Å². The number of rotatable bonds is 3. The van der Waals surface area contributed by atoms with Gasteiger partial charge in [-0.1, -0.05) is 0 Å². The van der Waals surface area contributed by atoms with Crippen LogP contribution in [-0.4, -0.2) is 10.8 Å². The number of ketones is 1. The zero-order valence-electron chi connectivity index (χ0n) is 7.96. The van der Waals surface area contributed by atoms with E-state index in [0.29, 0.717) is 11.3 Å². The summed E-state index contributed by atoms with van der Waals surface area (Å²) in [6.07, 6.45) is 7.83. The summed E-state index contributed by atoms with van der Waals surface area (Å²) in [5.74, 6) is 0.576. The maximum atomic E-state index is 11.6. The molecule has 2 aromatic heterocycles. The number of allylic oxidation sites excluding steroid dienone is 1. The second-order valence-corrected chi connectivity index (χ2v) is 2.95. The van der Waals surface area contributed by atoms with Crippen LogP contribution in [0.15, 0.2) is 53.4 Å². The SMILES string of the molecule is O=C(C=Cc1ccco1)c1cccnc1. The molecule has 0 fully saturated rings. The van der Waals surface area contributed by atoms with E-state index < -0.39 is 0 Å². The molecule has 3 nitrogen and oxygen atoms in total. The second kappa shape index (κ2) is 4.37. The number of carbonyl (C=O) groups excluding carboxylic acids is 1. The molecule has 15 heavy (non-hydrogen) atoms. The topological polar surface area (TPSA) is 43.1 Å². The van der Waals surface area contributed by atoms with Gasteiger partial charge in [0.15, 0.2) is 5.78 Å². The predicted octanol–water partition coefficient (Wildman–Crippen LogP) is 2.57. The largest absolute Gasteiger partial charge is 0.465 e. The summed E-state index contributed by atoms with van der Waals surface area (Å²) < 4.78 is 5.07. The lowest BCUT2D eigenvalue weighted by Crippen LogP contribution is -1.93. The summed E-state index contributed by atoms with van der Waals surface area (Å²) in [5.41, 5.74) is 0.570. The van der Waals surface area contributed by atoms with Gasteiger partial charge in [-0.05, 0) is 36.4 Å². The van der Waals surface area contributed by atoms with Crippen LogP contribution in [-0.2, 0) is 0 Å². The van der Waals surface area contributed by atoms with Crippen LogP contribution in [0.2, 0.25) is 0 Å². The van der Waals surface area contributed by atoms with Crippen LogP contribution in [0, 0.1) is 0 Å². The average molecular weight is 199 g/mol. The van der Waals surface area contributed by atoms with Crippen molar-refractivity contribution >= 4 is 11.9 Å². The molecular weight excluding hydrogens is 190 g/mol. The van der Waals surface area contributed by atoms with Gasteiger partial charge in [0, 0.05) is 18.0 Å². The highest BCUT2D eigenvalue weighted by Crippen LogP contribution is 2.05. The maximum absolute atomic E-state index is 11.6. The normalized spacial score (nSPS) is 10.7. The molecule has 2 aromatic rings. The fourth-order valence-corrected chi connectivity index (χ4v) is 1.15. The van der Waals surface area contributed by atoms with E-state index in [1.807, 2.05) is 0 Å². The summed E-state index contributed by atoms with van der Waals surface area (Å²) in [7, 11) is 0. The first-order valence-electron chi connectivity index (χ1n) is 4.52. The quantitative estimate of drug-likeness (QED) is 0.563. The third kappa shape index (κ3) is 2.40. The Labute approximate surface area is 87.1 Å². The Morgan fingerprint density at radius 1 is 1.33 bits per heavy atom.